The molecule has 1 aromatic carbocycles. The molecule has 108 valence electrons. The first-order valence-corrected chi connectivity index (χ1v) is 7.43. The molecule has 2 fully saturated rings. The standard InChI is InChI=1S/C16H22N2O2/c1-20-15-5-3-2-4-11(15)8-9-17-16(19)13-10-12-6-7-14(13)18-12/h2-5,12-14,18H,6-10H2,1H3,(H,17,19). The van der Waals surface area contributed by atoms with Gasteiger partial charge in [-0.2, -0.15) is 0 Å². The first-order chi connectivity index (χ1) is 9.78. The van der Waals surface area contributed by atoms with Crippen molar-refractivity contribution in [2.75, 3.05) is 13.7 Å². The zero-order valence-corrected chi connectivity index (χ0v) is 11.9. The average molecular weight is 274 g/mol. The van der Waals surface area contributed by atoms with Crippen molar-refractivity contribution >= 4 is 5.91 Å². The lowest BCUT2D eigenvalue weighted by Gasteiger charge is -2.19. The Morgan fingerprint density at radius 3 is 2.95 bits per heavy atom. The van der Waals surface area contributed by atoms with Gasteiger partial charge in [0, 0.05) is 18.6 Å². The molecule has 4 heteroatoms. The number of hydrogen-bond acceptors (Lipinski definition) is 3. The van der Waals surface area contributed by atoms with E-state index in [1.165, 1.54) is 6.42 Å². The summed E-state index contributed by atoms with van der Waals surface area (Å²) in [6.07, 6.45) is 4.19. The Balaban J connectivity index is 1.49. The van der Waals surface area contributed by atoms with Crippen LogP contribution in [0.25, 0.3) is 0 Å². The summed E-state index contributed by atoms with van der Waals surface area (Å²) in [7, 11) is 1.68. The number of rotatable bonds is 5. The summed E-state index contributed by atoms with van der Waals surface area (Å²) in [4.78, 5) is 12.2. The summed E-state index contributed by atoms with van der Waals surface area (Å²) < 4.78 is 5.32. The molecule has 2 bridgehead atoms. The topological polar surface area (TPSA) is 50.4 Å². The molecule has 1 aromatic rings. The number of fused-ring (bicyclic) bond motifs is 2. The lowest BCUT2D eigenvalue weighted by atomic mass is 9.88. The number of para-hydroxylation sites is 1. The molecule has 2 aliphatic rings. The third-order valence-corrected chi connectivity index (χ3v) is 4.52. The summed E-state index contributed by atoms with van der Waals surface area (Å²) in [5.41, 5.74) is 1.14. The summed E-state index contributed by atoms with van der Waals surface area (Å²) >= 11 is 0. The van der Waals surface area contributed by atoms with E-state index in [-0.39, 0.29) is 11.8 Å². The van der Waals surface area contributed by atoms with E-state index in [0.717, 1.165) is 30.6 Å². The van der Waals surface area contributed by atoms with Gasteiger partial charge in [0.1, 0.15) is 5.75 Å². The number of carbonyl (C=O) groups excluding carboxylic acids is 1. The first-order valence-electron chi connectivity index (χ1n) is 7.43. The highest BCUT2D eigenvalue weighted by atomic mass is 16.5. The predicted octanol–water partition coefficient (Wildman–Crippen LogP) is 1.49. The smallest absolute Gasteiger partial charge is 0.224 e. The Kier molecular flexibility index (Phi) is 3.92. The van der Waals surface area contributed by atoms with E-state index in [0.29, 0.717) is 18.6 Å². The van der Waals surface area contributed by atoms with Gasteiger partial charge in [-0.05, 0) is 37.3 Å². The second-order valence-corrected chi connectivity index (χ2v) is 5.74. The minimum atomic E-state index is 0.173. The van der Waals surface area contributed by atoms with Gasteiger partial charge < -0.3 is 15.4 Å². The molecule has 3 unspecified atom stereocenters. The highest BCUT2D eigenvalue weighted by molar-refractivity contribution is 5.80. The maximum Gasteiger partial charge on any atom is 0.224 e. The molecule has 2 saturated heterocycles. The fraction of sp³-hybridized carbons (Fsp3) is 0.562. The number of benzene rings is 1. The van der Waals surface area contributed by atoms with Gasteiger partial charge in [0.05, 0.1) is 13.0 Å². The minimum Gasteiger partial charge on any atom is -0.496 e. The number of nitrogens with one attached hydrogen (secondary N) is 2. The highest BCUT2D eigenvalue weighted by Gasteiger charge is 2.42. The number of ether oxygens (including phenoxy) is 1. The normalized spacial score (nSPS) is 27.6. The Hall–Kier alpha value is -1.55. The van der Waals surface area contributed by atoms with Crippen LogP contribution in [0.3, 0.4) is 0 Å². The fourth-order valence-corrected chi connectivity index (χ4v) is 3.47. The molecule has 4 nitrogen and oxygen atoms in total. The van der Waals surface area contributed by atoms with Crippen LogP contribution in [0.5, 0.6) is 5.75 Å². The Bertz CT molecular complexity index is 489. The molecule has 0 aliphatic carbocycles. The third kappa shape index (κ3) is 2.66. The zero-order chi connectivity index (χ0) is 13.9. The van der Waals surface area contributed by atoms with E-state index in [2.05, 4.69) is 10.6 Å². The molecular weight excluding hydrogens is 252 g/mol. The van der Waals surface area contributed by atoms with E-state index in [1.807, 2.05) is 24.3 Å². The van der Waals surface area contributed by atoms with Gasteiger partial charge in [-0.25, -0.2) is 0 Å². The van der Waals surface area contributed by atoms with Crippen molar-refractivity contribution in [2.24, 2.45) is 5.92 Å². The number of hydrogen-bond donors (Lipinski definition) is 2. The maximum atomic E-state index is 12.2. The monoisotopic (exact) mass is 274 g/mol. The van der Waals surface area contributed by atoms with Gasteiger partial charge in [0.15, 0.2) is 0 Å². The summed E-state index contributed by atoms with van der Waals surface area (Å²) in [6.45, 7) is 0.674. The van der Waals surface area contributed by atoms with Crippen LogP contribution in [0.4, 0.5) is 0 Å². The molecule has 0 spiro atoms. The van der Waals surface area contributed by atoms with Gasteiger partial charge in [-0.1, -0.05) is 18.2 Å². The molecular formula is C16H22N2O2. The maximum absolute atomic E-state index is 12.2. The molecule has 2 aliphatic heterocycles. The van der Waals surface area contributed by atoms with Crippen molar-refractivity contribution in [2.45, 2.75) is 37.8 Å². The van der Waals surface area contributed by atoms with Crippen molar-refractivity contribution in [3.8, 4) is 5.75 Å². The van der Waals surface area contributed by atoms with Crippen LogP contribution < -0.4 is 15.4 Å². The number of amides is 1. The van der Waals surface area contributed by atoms with Gasteiger partial charge in [-0.3, -0.25) is 4.79 Å². The molecule has 0 saturated carbocycles. The van der Waals surface area contributed by atoms with Gasteiger partial charge >= 0.3 is 0 Å². The summed E-state index contributed by atoms with van der Waals surface area (Å²) in [5, 5.41) is 6.58. The molecule has 3 rings (SSSR count). The Morgan fingerprint density at radius 1 is 1.40 bits per heavy atom. The van der Waals surface area contributed by atoms with Crippen LogP contribution >= 0.6 is 0 Å². The summed E-state index contributed by atoms with van der Waals surface area (Å²) in [6, 6.07) is 8.94. The Labute approximate surface area is 119 Å². The Morgan fingerprint density at radius 2 is 2.25 bits per heavy atom. The van der Waals surface area contributed by atoms with Crippen LogP contribution in [0, 0.1) is 5.92 Å². The van der Waals surface area contributed by atoms with Crippen molar-refractivity contribution in [1.82, 2.24) is 10.6 Å². The number of carbonyl (C=O) groups is 1. The van der Waals surface area contributed by atoms with E-state index < -0.39 is 0 Å². The number of methoxy groups -OCH3 is 1. The van der Waals surface area contributed by atoms with Crippen LogP contribution in [0.2, 0.25) is 0 Å². The van der Waals surface area contributed by atoms with Gasteiger partial charge in [0.25, 0.3) is 0 Å². The second kappa shape index (κ2) is 5.83. The highest BCUT2D eigenvalue weighted by Crippen LogP contribution is 2.33. The second-order valence-electron chi connectivity index (χ2n) is 5.74. The van der Waals surface area contributed by atoms with Crippen molar-refractivity contribution in [3.05, 3.63) is 29.8 Å². The van der Waals surface area contributed by atoms with E-state index >= 15 is 0 Å². The molecule has 3 atom stereocenters. The molecule has 0 aromatic heterocycles. The van der Waals surface area contributed by atoms with Crippen LogP contribution in [0.15, 0.2) is 24.3 Å². The molecule has 0 radical (unpaired) electrons. The van der Waals surface area contributed by atoms with Crippen LogP contribution in [0.1, 0.15) is 24.8 Å². The fourth-order valence-electron chi connectivity index (χ4n) is 3.47. The quantitative estimate of drug-likeness (QED) is 0.855. The van der Waals surface area contributed by atoms with E-state index in [1.54, 1.807) is 7.11 Å². The van der Waals surface area contributed by atoms with Crippen LogP contribution in [-0.2, 0) is 11.2 Å². The van der Waals surface area contributed by atoms with Crippen molar-refractivity contribution in [1.29, 1.82) is 0 Å². The van der Waals surface area contributed by atoms with Gasteiger partial charge in [0.2, 0.25) is 5.91 Å². The van der Waals surface area contributed by atoms with Crippen molar-refractivity contribution in [3.63, 3.8) is 0 Å². The molecule has 1 amide bonds. The summed E-state index contributed by atoms with van der Waals surface area (Å²) in [5.74, 6) is 1.27. The predicted molar refractivity (Wildman–Crippen MR) is 77.8 cm³/mol. The zero-order valence-electron chi connectivity index (χ0n) is 11.9. The molecule has 20 heavy (non-hydrogen) atoms. The lowest BCUT2D eigenvalue weighted by Crippen LogP contribution is -2.38. The SMILES string of the molecule is COc1ccccc1CCNC(=O)C1CC2CCC1N2. The third-order valence-electron chi connectivity index (χ3n) is 4.52. The molecule has 2 heterocycles. The average Bonchev–Trinajstić information content (AvgIpc) is 3.10. The first kappa shape index (κ1) is 13.4. The van der Waals surface area contributed by atoms with E-state index in [9.17, 15) is 4.79 Å². The van der Waals surface area contributed by atoms with Crippen molar-refractivity contribution < 1.29 is 9.53 Å². The van der Waals surface area contributed by atoms with E-state index in [4.69, 9.17) is 4.74 Å². The lowest BCUT2D eigenvalue weighted by molar-refractivity contribution is -0.125. The minimum absolute atomic E-state index is 0.173. The molecule has 2 N–H and O–H groups in total. The van der Waals surface area contributed by atoms with Gasteiger partial charge in [-0.15, -0.1) is 0 Å². The largest absolute Gasteiger partial charge is 0.496 e. The van der Waals surface area contributed by atoms with Crippen LogP contribution in [-0.4, -0.2) is 31.6 Å².